The number of amides is 1. The minimum Gasteiger partial charge on any atom is -0.465 e. The fourth-order valence-corrected chi connectivity index (χ4v) is 4.27. The summed E-state index contributed by atoms with van der Waals surface area (Å²) in [6, 6.07) is 4.57. The van der Waals surface area contributed by atoms with E-state index in [1.54, 1.807) is 6.07 Å². The van der Waals surface area contributed by atoms with Gasteiger partial charge in [0, 0.05) is 15.8 Å². The Hall–Kier alpha value is -3.19. The number of esters is 1. The molecule has 0 bridgehead atoms. The number of fused-ring (bicyclic) bond motifs is 1. The summed E-state index contributed by atoms with van der Waals surface area (Å²) in [6.07, 6.45) is -5.05. The van der Waals surface area contributed by atoms with Crippen LogP contribution in [0.2, 0.25) is 5.02 Å². The lowest BCUT2D eigenvalue weighted by Gasteiger charge is -2.07. The number of nitrogens with zero attached hydrogens (tertiary/aromatic N) is 3. The Morgan fingerprint density at radius 2 is 2.06 bits per heavy atom. The maximum atomic E-state index is 13.0. The van der Waals surface area contributed by atoms with Gasteiger partial charge in [0.25, 0.3) is 0 Å². The van der Waals surface area contributed by atoms with E-state index >= 15 is 0 Å². The zero-order valence-corrected chi connectivity index (χ0v) is 17.3. The van der Waals surface area contributed by atoms with Gasteiger partial charge in [0.2, 0.25) is 11.6 Å². The number of ether oxygens (including phenoxy) is 1. The molecule has 0 saturated heterocycles. The van der Waals surface area contributed by atoms with E-state index in [1.165, 1.54) is 19.2 Å². The van der Waals surface area contributed by atoms with Crippen LogP contribution in [0.1, 0.15) is 21.1 Å². The minimum atomic E-state index is -5.05. The lowest BCUT2D eigenvalue weighted by molar-refractivity contribution is -0.388. The fraction of sp³-hybridized carbons (Fsp3) is 0.235. The minimum absolute atomic E-state index is 0.182. The van der Waals surface area contributed by atoms with Crippen molar-refractivity contribution in [3.8, 4) is 0 Å². The third kappa shape index (κ3) is 4.32. The third-order valence-electron chi connectivity index (χ3n) is 4.20. The molecule has 3 aromatic rings. The average molecular weight is 477 g/mol. The molecule has 0 aliphatic carbocycles. The Kier molecular flexibility index (Phi) is 5.91. The summed E-state index contributed by atoms with van der Waals surface area (Å²) in [5, 5.41) is 17.4. The van der Waals surface area contributed by atoms with Gasteiger partial charge in [0.1, 0.15) is 17.1 Å². The van der Waals surface area contributed by atoms with E-state index in [-0.39, 0.29) is 15.6 Å². The van der Waals surface area contributed by atoms with Crippen LogP contribution in [0.4, 0.5) is 24.5 Å². The van der Waals surface area contributed by atoms with Crippen LogP contribution in [0.25, 0.3) is 10.1 Å². The molecule has 0 fully saturated rings. The molecule has 164 valence electrons. The number of hydrogen-bond acceptors (Lipinski definition) is 7. The smallest absolute Gasteiger partial charge is 0.442 e. The van der Waals surface area contributed by atoms with Crippen LogP contribution in [-0.4, -0.2) is 33.7 Å². The number of hydrogen-bond donors (Lipinski definition) is 1. The Labute approximate surface area is 180 Å². The number of nitrogens with one attached hydrogen (secondary N) is 1. The lowest BCUT2D eigenvalue weighted by atomic mass is 10.2. The number of anilines is 1. The molecule has 2 aromatic heterocycles. The number of nitro groups is 1. The molecule has 2 heterocycles. The second-order valence-electron chi connectivity index (χ2n) is 6.19. The van der Waals surface area contributed by atoms with Crippen LogP contribution in [0.15, 0.2) is 18.2 Å². The molecule has 1 amide bonds. The highest BCUT2D eigenvalue weighted by Gasteiger charge is 2.44. The largest absolute Gasteiger partial charge is 0.465 e. The summed E-state index contributed by atoms with van der Waals surface area (Å²) in [5.41, 5.74) is -3.00. The van der Waals surface area contributed by atoms with E-state index in [4.69, 9.17) is 11.6 Å². The lowest BCUT2D eigenvalue weighted by Crippen LogP contribution is -2.20. The molecule has 0 radical (unpaired) electrons. The quantitative estimate of drug-likeness (QED) is 0.331. The van der Waals surface area contributed by atoms with Crippen molar-refractivity contribution in [3.05, 3.63) is 49.6 Å². The first-order valence-corrected chi connectivity index (χ1v) is 9.52. The maximum absolute atomic E-state index is 13.0. The van der Waals surface area contributed by atoms with Gasteiger partial charge in [-0.2, -0.15) is 18.3 Å². The van der Waals surface area contributed by atoms with Gasteiger partial charge in [-0.05, 0) is 25.1 Å². The van der Waals surface area contributed by atoms with Crippen molar-refractivity contribution in [3.63, 3.8) is 0 Å². The number of benzene rings is 1. The highest BCUT2D eigenvalue weighted by atomic mass is 35.5. The fourth-order valence-electron chi connectivity index (χ4n) is 2.80. The van der Waals surface area contributed by atoms with Crippen LogP contribution >= 0.6 is 22.9 Å². The first-order valence-electron chi connectivity index (χ1n) is 8.33. The van der Waals surface area contributed by atoms with Crippen molar-refractivity contribution < 1.29 is 32.4 Å². The summed E-state index contributed by atoms with van der Waals surface area (Å²) < 4.78 is 44.9. The Balaban J connectivity index is 1.85. The number of carbonyl (C=O) groups is 2. The predicted molar refractivity (Wildman–Crippen MR) is 105 cm³/mol. The van der Waals surface area contributed by atoms with Gasteiger partial charge in [-0.1, -0.05) is 11.6 Å². The monoisotopic (exact) mass is 476 g/mol. The second kappa shape index (κ2) is 8.15. The molecule has 0 aliphatic heterocycles. The van der Waals surface area contributed by atoms with Gasteiger partial charge >= 0.3 is 17.8 Å². The molecule has 9 nitrogen and oxygen atoms in total. The number of methoxy groups -OCH3 is 1. The number of carbonyl (C=O) groups excluding carboxylic acids is 2. The van der Waals surface area contributed by atoms with Gasteiger partial charge in [0.05, 0.1) is 17.1 Å². The summed E-state index contributed by atoms with van der Waals surface area (Å²) in [5.74, 6) is -1.38. The normalized spacial score (nSPS) is 11.5. The summed E-state index contributed by atoms with van der Waals surface area (Å²) in [6.45, 7) is 0.390. The van der Waals surface area contributed by atoms with Crippen LogP contribution in [0, 0.1) is 17.0 Å². The second-order valence-corrected chi connectivity index (χ2v) is 7.62. The molecular formula is C17H12ClF3N4O5S. The van der Waals surface area contributed by atoms with Crippen molar-refractivity contribution in [2.45, 2.75) is 19.6 Å². The van der Waals surface area contributed by atoms with Crippen molar-refractivity contribution >= 4 is 56.3 Å². The molecule has 0 saturated carbocycles. The molecular weight excluding hydrogens is 465 g/mol. The van der Waals surface area contributed by atoms with Crippen molar-refractivity contribution in [2.75, 3.05) is 12.4 Å². The molecule has 0 spiro atoms. The standard InChI is InChI=1S/C17H12ClF3N4O5S/c1-7-13(25(28)29)15(17(19,20)21)23-24(7)6-11(26)22-8-3-4-9-10(5-8)31-14(12(9)18)16(27)30-2/h3-5H,6H2,1-2H3,(H,22,26). The molecule has 0 atom stereocenters. The molecule has 3 rings (SSSR count). The Bertz CT molecular complexity index is 1220. The van der Waals surface area contributed by atoms with Crippen molar-refractivity contribution in [1.82, 2.24) is 9.78 Å². The number of alkyl halides is 3. The van der Waals surface area contributed by atoms with Crippen LogP contribution in [-0.2, 0) is 22.3 Å². The van der Waals surface area contributed by atoms with E-state index in [2.05, 4.69) is 15.2 Å². The van der Waals surface area contributed by atoms with Crippen LogP contribution < -0.4 is 5.32 Å². The molecule has 0 aliphatic rings. The summed E-state index contributed by atoms with van der Waals surface area (Å²) in [4.78, 5) is 34.1. The summed E-state index contributed by atoms with van der Waals surface area (Å²) >= 11 is 7.20. The van der Waals surface area contributed by atoms with Crippen LogP contribution in [0.5, 0.6) is 0 Å². The summed E-state index contributed by atoms with van der Waals surface area (Å²) in [7, 11) is 1.21. The van der Waals surface area contributed by atoms with Crippen molar-refractivity contribution in [2.24, 2.45) is 0 Å². The van der Waals surface area contributed by atoms with E-state index < -0.39 is 46.6 Å². The van der Waals surface area contributed by atoms with E-state index in [0.29, 0.717) is 14.8 Å². The van der Waals surface area contributed by atoms with Gasteiger partial charge in [-0.3, -0.25) is 19.6 Å². The zero-order chi connectivity index (χ0) is 23.1. The van der Waals surface area contributed by atoms with Gasteiger partial charge in [-0.15, -0.1) is 11.3 Å². The molecule has 1 aromatic carbocycles. The number of rotatable bonds is 5. The number of aromatic nitrogens is 2. The first-order chi connectivity index (χ1) is 14.4. The SMILES string of the molecule is COC(=O)c1sc2cc(NC(=O)Cn3nc(C(F)(F)F)c([N+](=O)[O-])c3C)ccc2c1Cl. The van der Waals surface area contributed by atoms with Crippen molar-refractivity contribution in [1.29, 1.82) is 0 Å². The highest BCUT2D eigenvalue weighted by Crippen LogP contribution is 2.38. The van der Waals surface area contributed by atoms with E-state index in [1.807, 2.05) is 0 Å². The van der Waals surface area contributed by atoms with E-state index in [0.717, 1.165) is 18.3 Å². The molecule has 31 heavy (non-hydrogen) atoms. The number of thiophene rings is 1. The van der Waals surface area contributed by atoms with Crippen LogP contribution in [0.3, 0.4) is 0 Å². The average Bonchev–Trinajstić information content (AvgIpc) is 3.18. The molecule has 14 heteroatoms. The maximum Gasteiger partial charge on any atom is 0.442 e. The Morgan fingerprint density at radius 3 is 2.61 bits per heavy atom. The zero-order valence-electron chi connectivity index (χ0n) is 15.7. The molecule has 0 unspecified atom stereocenters. The first kappa shape index (κ1) is 22.5. The predicted octanol–water partition coefficient (Wildman–Crippen LogP) is 4.41. The topological polar surface area (TPSA) is 116 Å². The Morgan fingerprint density at radius 1 is 1.39 bits per heavy atom. The highest BCUT2D eigenvalue weighted by molar-refractivity contribution is 7.21. The van der Waals surface area contributed by atoms with Gasteiger partial charge in [-0.25, -0.2) is 4.79 Å². The molecule has 1 N–H and O–H groups in total. The third-order valence-corrected chi connectivity index (χ3v) is 5.84. The van der Waals surface area contributed by atoms with Gasteiger partial charge < -0.3 is 10.1 Å². The van der Waals surface area contributed by atoms with Gasteiger partial charge in [0.15, 0.2) is 0 Å². The van der Waals surface area contributed by atoms with E-state index in [9.17, 15) is 32.9 Å². The number of halogens is 4.